The molecule has 0 aliphatic heterocycles. The largest absolute Gasteiger partial charge is 0.134 e. The number of hydrogen-bond donors (Lipinski definition) is 0. The summed E-state index contributed by atoms with van der Waals surface area (Å²) in [5.74, 6) is 0. The topological polar surface area (TPSA) is 0 Å². The monoisotopic (exact) mass is 276 g/mol. The maximum Gasteiger partial charge on any atom is 0.0497 e. The molecule has 0 spiro atoms. The molecule has 74 valence electrons. The van der Waals surface area contributed by atoms with Crippen molar-refractivity contribution in [2.24, 2.45) is 0 Å². The van der Waals surface area contributed by atoms with Crippen molar-refractivity contribution in [2.75, 3.05) is 0 Å². The summed E-state index contributed by atoms with van der Waals surface area (Å²) in [6.07, 6.45) is 0. The van der Waals surface area contributed by atoms with Gasteiger partial charge < -0.3 is 0 Å². The van der Waals surface area contributed by atoms with Gasteiger partial charge in [0.1, 0.15) is 0 Å². The molecular formula is C13H9BrS. The van der Waals surface area contributed by atoms with Crippen LogP contribution in [0, 0.1) is 6.92 Å². The lowest BCUT2D eigenvalue weighted by atomic mass is 10.1. The van der Waals surface area contributed by atoms with Gasteiger partial charge in [0.05, 0.1) is 0 Å². The van der Waals surface area contributed by atoms with Crippen molar-refractivity contribution in [1.82, 2.24) is 0 Å². The van der Waals surface area contributed by atoms with Crippen molar-refractivity contribution in [2.45, 2.75) is 6.92 Å². The number of thiophene rings is 1. The smallest absolute Gasteiger partial charge is 0.0497 e. The number of aryl methyl sites for hydroxylation is 1. The minimum absolute atomic E-state index is 1.19. The van der Waals surface area contributed by atoms with Crippen molar-refractivity contribution in [3.8, 4) is 0 Å². The fraction of sp³-hybridized carbons (Fsp3) is 0.0769. The highest BCUT2D eigenvalue weighted by Crippen LogP contribution is 2.38. The molecule has 2 aromatic carbocycles. The Hall–Kier alpha value is -0.860. The second-order valence-electron chi connectivity index (χ2n) is 3.72. The van der Waals surface area contributed by atoms with Crippen molar-refractivity contribution < 1.29 is 0 Å². The first kappa shape index (κ1) is 9.37. The first-order chi connectivity index (χ1) is 7.25. The van der Waals surface area contributed by atoms with Gasteiger partial charge in [-0.05, 0) is 41.1 Å². The Balaban J connectivity index is 2.58. The van der Waals surface area contributed by atoms with Gasteiger partial charge in [0.25, 0.3) is 0 Å². The van der Waals surface area contributed by atoms with Gasteiger partial charge in [0.15, 0.2) is 0 Å². The van der Waals surface area contributed by atoms with Crippen LogP contribution >= 0.6 is 27.3 Å². The molecule has 0 nitrogen and oxygen atoms in total. The highest BCUT2D eigenvalue weighted by molar-refractivity contribution is 9.10. The molecule has 0 amide bonds. The van der Waals surface area contributed by atoms with Crippen LogP contribution in [0.4, 0.5) is 0 Å². The summed E-state index contributed by atoms with van der Waals surface area (Å²) in [5.41, 5.74) is 1.32. The Morgan fingerprint density at radius 2 is 1.93 bits per heavy atom. The number of benzene rings is 2. The Bertz CT molecular complexity index is 652. The molecule has 0 N–H and O–H groups in total. The van der Waals surface area contributed by atoms with Gasteiger partial charge in [-0.25, -0.2) is 0 Å². The van der Waals surface area contributed by atoms with Gasteiger partial charge in [-0.15, -0.1) is 11.3 Å². The third kappa shape index (κ3) is 1.40. The van der Waals surface area contributed by atoms with Crippen LogP contribution in [-0.2, 0) is 0 Å². The fourth-order valence-corrected chi connectivity index (χ4v) is 3.58. The summed E-state index contributed by atoms with van der Waals surface area (Å²) >= 11 is 5.45. The predicted octanol–water partition coefficient (Wildman–Crippen LogP) is 5.13. The number of halogens is 1. The second kappa shape index (κ2) is 3.32. The van der Waals surface area contributed by atoms with E-state index >= 15 is 0 Å². The van der Waals surface area contributed by atoms with E-state index in [2.05, 4.69) is 59.3 Å². The highest BCUT2D eigenvalue weighted by atomic mass is 79.9. The molecule has 0 radical (unpaired) electrons. The van der Waals surface area contributed by atoms with Gasteiger partial charge in [0.2, 0.25) is 0 Å². The van der Waals surface area contributed by atoms with E-state index in [4.69, 9.17) is 0 Å². The zero-order valence-corrected chi connectivity index (χ0v) is 10.7. The lowest BCUT2D eigenvalue weighted by Gasteiger charge is -1.94. The van der Waals surface area contributed by atoms with Crippen LogP contribution in [0.25, 0.3) is 20.2 Å². The van der Waals surface area contributed by atoms with E-state index in [1.165, 1.54) is 30.2 Å². The van der Waals surface area contributed by atoms with Gasteiger partial charge >= 0.3 is 0 Å². The van der Waals surface area contributed by atoms with E-state index in [-0.39, 0.29) is 0 Å². The van der Waals surface area contributed by atoms with Crippen LogP contribution < -0.4 is 0 Å². The van der Waals surface area contributed by atoms with Gasteiger partial charge in [0, 0.05) is 24.6 Å². The van der Waals surface area contributed by atoms with E-state index in [0.717, 1.165) is 0 Å². The minimum Gasteiger partial charge on any atom is -0.134 e. The van der Waals surface area contributed by atoms with E-state index in [1.54, 1.807) is 0 Å². The maximum atomic E-state index is 3.60. The summed E-state index contributed by atoms with van der Waals surface area (Å²) in [7, 11) is 0. The number of fused-ring (bicyclic) bond motifs is 3. The van der Waals surface area contributed by atoms with Gasteiger partial charge in [-0.1, -0.05) is 23.8 Å². The second-order valence-corrected chi connectivity index (χ2v) is 5.62. The fourth-order valence-electron chi connectivity index (χ4n) is 1.88. The minimum atomic E-state index is 1.19. The van der Waals surface area contributed by atoms with E-state index in [0.29, 0.717) is 0 Å². The standard InChI is InChI=1S/C13H9BrS/c1-8-5-6-12-10(7-8)9-3-2-4-11(14)13(9)15-12/h2-7H,1H3. The molecule has 0 saturated carbocycles. The first-order valence-corrected chi connectivity index (χ1v) is 6.44. The molecule has 1 heterocycles. The third-order valence-corrected chi connectivity index (χ3v) is 4.75. The van der Waals surface area contributed by atoms with Gasteiger partial charge in [-0.2, -0.15) is 0 Å². The number of hydrogen-bond acceptors (Lipinski definition) is 1. The van der Waals surface area contributed by atoms with E-state index in [1.807, 2.05) is 11.3 Å². The quantitative estimate of drug-likeness (QED) is 0.534. The lowest BCUT2D eigenvalue weighted by Crippen LogP contribution is -1.70. The summed E-state index contributed by atoms with van der Waals surface area (Å²) in [5, 5.41) is 2.73. The molecule has 0 saturated heterocycles. The highest BCUT2D eigenvalue weighted by Gasteiger charge is 2.06. The molecule has 0 aliphatic rings. The Kier molecular flexibility index (Phi) is 2.08. The zero-order chi connectivity index (χ0) is 10.4. The van der Waals surface area contributed by atoms with Crippen molar-refractivity contribution in [3.63, 3.8) is 0 Å². The summed E-state index contributed by atoms with van der Waals surface area (Å²) in [6.45, 7) is 2.14. The van der Waals surface area contributed by atoms with E-state index in [9.17, 15) is 0 Å². The third-order valence-electron chi connectivity index (χ3n) is 2.60. The predicted molar refractivity (Wildman–Crippen MR) is 71.8 cm³/mol. The van der Waals surface area contributed by atoms with Crippen LogP contribution in [0.3, 0.4) is 0 Å². The van der Waals surface area contributed by atoms with Crippen LogP contribution in [0.5, 0.6) is 0 Å². The first-order valence-electron chi connectivity index (χ1n) is 4.83. The molecule has 0 atom stereocenters. The molecule has 3 aromatic rings. The van der Waals surface area contributed by atoms with Crippen molar-refractivity contribution in [3.05, 3.63) is 46.4 Å². The van der Waals surface area contributed by atoms with Crippen LogP contribution in [-0.4, -0.2) is 0 Å². The van der Waals surface area contributed by atoms with Crippen LogP contribution in [0.15, 0.2) is 40.9 Å². The average molecular weight is 277 g/mol. The Labute approximate surface area is 101 Å². The summed E-state index contributed by atoms with van der Waals surface area (Å²) < 4.78 is 3.90. The molecule has 15 heavy (non-hydrogen) atoms. The van der Waals surface area contributed by atoms with Gasteiger partial charge in [-0.3, -0.25) is 0 Å². The van der Waals surface area contributed by atoms with Crippen LogP contribution in [0.2, 0.25) is 0 Å². The maximum absolute atomic E-state index is 3.60. The molecule has 3 rings (SSSR count). The zero-order valence-electron chi connectivity index (χ0n) is 8.25. The van der Waals surface area contributed by atoms with Crippen molar-refractivity contribution >= 4 is 47.4 Å². The SMILES string of the molecule is Cc1ccc2sc3c(Br)cccc3c2c1. The Morgan fingerprint density at radius 3 is 2.80 bits per heavy atom. The molecule has 2 heteroatoms. The summed E-state index contributed by atoms with van der Waals surface area (Å²) in [6, 6.07) is 13.0. The van der Waals surface area contributed by atoms with Crippen LogP contribution in [0.1, 0.15) is 5.56 Å². The normalized spacial score (nSPS) is 11.3. The molecule has 0 fully saturated rings. The average Bonchev–Trinajstić information content (AvgIpc) is 2.58. The molecule has 0 unspecified atom stereocenters. The summed E-state index contributed by atoms with van der Waals surface area (Å²) in [4.78, 5) is 0. The molecule has 0 aliphatic carbocycles. The van der Waals surface area contributed by atoms with E-state index < -0.39 is 0 Å². The molecule has 0 bridgehead atoms. The molecular weight excluding hydrogens is 268 g/mol. The van der Waals surface area contributed by atoms with Crippen molar-refractivity contribution in [1.29, 1.82) is 0 Å². The Morgan fingerprint density at radius 1 is 1.07 bits per heavy atom. The molecule has 1 aromatic heterocycles. The lowest BCUT2D eigenvalue weighted by molar-refractivity contribution is 1.52. The number of rotatable bonds is 0.